The normalized spacial score (nSPS) is 12.8. The summed E-state index contributed by atoms with van der Waals surface area (Å²) in [4.78, 5) is 25.5. The van der Waals surface area contributed by atoms with E-state index in [1.54, 1.807) is 36.4 Å². The first-order chi connectivity index (χ1) is 14.4. The van der Waals surface area contributed by atoms with E-state index < -0.39 is 6.04 Å². The molecule has 2 N–H and O–H groups in total. The van der Waals surface area contributed by atoms with E-state index in [4.69, 9.17) is 23.2 Å². The van der Waals surface area contributed by atoms with E-state index in [2.05, 4.69) is 20.8 Å². The van der Waals surface area contributed by atoms with Gasteiger partial charge in [-0.15, -0.1) is 10.2 Å². The van der Waals surface area contributed by atoms with E-state index in [0.29, 0.717) is 32.2 Å². The van der Waals surface area contributed by atoms with Gasteiger partial charge in [-0.2, -0.15) is 0 Å². The van der Waals surface area contributed by atoms with Gasteiger partial charge in [0, 0.05) is 21.2 Å². The Morgan fingerprint density at radius 3 is 2.47 bits per heavy atom. The summed E-state index contributed by atoms with van der Waals surface area (Å²) in [6, 6.07) is 13.0. The molecule has 6 nitrogen and oxygen atoms in total. The molecule has 0 bridgehead atoms. The molecule has 0 aliphatic carbocycles. The van der Waals surface area contributed by atoms with Crippen LogP contribution in [0.2, 0.25) is 10.0 Å². The number of nitrogens with one attached hydrogen (secondary N) is 2. The molecule has 0 fully saturated rings. The lowest BCUT2D eigenvalue weighted by Gasteiger charge is -2.23. The molecule has 0 spiro atoms. The molecule has 2 aromatic carbocycles. The zero-order valence-corrected chi connectivity index (χ0v) is 18.7. The molecule has 156 valence electrons. The molecule has 1 heterocycles. The van der Waals surface area contributed by atoms with Crippen molar-refractivity contribution in [2.75, 3.05) is 5.32 Å². The molecular formula is C21H20Cl2N4O2S. The van der Waals surface area contributed by atoms with Crippen LogP contribution < -0.4 is 10.6 Å². The third-order valence-corrected chi connectivity index (χ3v) is 5.99. The number of carbonyl (C=O) groups excluding carboxylic acids is 2. The number of carbonyl (C=O) groups is 2. The molecule has 0 saturated carbocycles. The van der Waals surface area contributed by atoms with Crippen molar-refractivity contribution in [2.24, 2.45) is 5.92 Å². The molecular weight excluding hydrogens is 443 g/mol. The molecule has 1 aromatic heterocycles. The smallest absolute Gasteiger partial charge is 0.251 e. The van der Waals surface area contributed by atoms with Crippen LogP contribution in [0.15, 0.2) is 48.5 Å². The maximum Gasteiger partial charge on any atom is 0.251 e. The van der Waals surface area contributed by atoms with Crippen LogP contribution in [0.25, 0.3) is 10.6 Å². The molecule has 0 radical (unpaired) electrons. The Kier molecular flexibility index (Phi) is 7.42. The fourth-order valence-corrected chi connectivity index (χ4v) is 3.78. The molecule has 3 aromatic rings. The lowest BCUT2D eigenvalue weighted by Crippen LogP contribution is -2.47. The van der Waals surface area contributed by atoms with Crippen molar-refractivity contribution in [2.45, 2.75) is 26.3 Å². The Labute approximate surface area is 188 Å². The van der Waals surface area contributed by atoms with Crippen LogP contribution in [0, 0.1) is 5.92 Å². The minimum Gasteiger partial charge on any atom is -0.340 e. The van der Waals surface area contributed by atoms with Gasteiger partial charge < -0.3 is 5.32 Å². The molecule has 0 saturated heterocycles. The van der Waals surface area contributed by atoms with E-state index in [1.165, 1.54) is 11.3 Å². The van der Waals surface area contributed by atoms with Crippen molar-refractivity contribution in [3.63, 3.8) is 0 Å². The second-order valence-corrected chi connectivity index (χ2v) is 8.61. The van der Waals surface area contributed by atoms with Gasteiger partial charge in [0.25, 0.3) is 5.91 Å². The predicted molar refractivity (Wildman–Crippen MR) is 121 cm³/mol. The number of nitrogens with zero attached hydrogens (tertiary/aromatic N) is 2. The Bertz CT molecular complexity index is 1040. The van der Waals surface area contributed by atoms with Crippen LogP contribution in [-0.4, -0.2) is 28.1 Å². The maximum absolute atomic E-state index is 12.9. The highest BCUT2D eigenvalue weighted by Gasteiger charge is 2.27. The average Bonchev–Trinajstić information content (AvgIpc) is 3.20. The molecule has 9 heteroatoms. The van der Waals surface area contributed by atoms with Gasteiger partial charge >= 0.3 is 0 Å². The van der Waals surface area contributed by atoms with Crippen LogP contribution in [-0.2, 0) is 4.79 Å². The topological polar surface area (TPSA) is 84.0 Å². The fraction of sp³-hybridized carbons (Fsp3) is 0.238. The van der Waals surface area contributed by atoms with Crippen LogP contribution in [0.3, 0.4) is 0 Å². The van der Waals surface area contributed by atoms with Crippen molar-refractivity contribution in [3.8, 4) is 10.6 Å². The fourth-order valence-electron chi connectivity index (χ4n) is 2.72. The Balaban J connectivity index is 1.73. The number of hydrogen-bond acceptors (Lipinski definition) is 5. The summed E-state index contributed by atoms with van der Waals surface area (Å²) in [6.07, 6.45) is 0.711. The Hall–Kier alpha value is -2.48. The lowest BCUT2D eigenvalue weighted by molar-refractivity contribution is -0.119. The number of hydrogen-bond donors (Lipinski definition) is 2. The maximum atomic E-state index is 12.9. The van der Waals surface area contributed by atoms with Gasteiger partial charge in [0.05, 0.1) is 0 Å². The third-order valence-electron chi connectivity index (χ3n) is 4.62. The summed E-state index contributed by atoms with van der Waals surface area (Å²) >= 11 is 13.1. The molecule has 3 rings (SSSR count). The minimum atomic E-state index is -0.725. The van der Waals surface area contributed by atoms with Crippen molar-refractivity contribution in [3.05, 3.63) is 64.1 Å². The highest BCUT2D eigenvalue weighted by atomic mass is 35.5. The van der Waals surface area contributed by atoms with Gasteiger partial charge in [0.15, 0.2) is 0 Å². The van der Waals surface area contributed by atoms with E-state index in [0.717, 1.165) is 5.56 Å². The first-order valence-corrected chi connectivity index (χ1v) is 10.9. The van der Waals surface area contributed by atoms with Crippen molar-refractivity contribution < 1.29 is 9.59 Å². The number of amides is 2. The van der Waals surface area contributed by atoms with E-state index in [9.17, 15) is 9.59 Å². The lowest BCUT2D eigenvalue weighted by atomic mass is 9.98. The number of halogens is 2. The van der Waals surface area contributed by atoms with Crippen LogP contribution in [0.4, 0.5) is 5.13 Å². The quantitative estimate of drug-likeness (QED) is 0.499. The summed E-state index contributed by atoms with van der Waals surface area (Å²) in [5, 5.41) is 15.9. The largest absolute Gasteiger partial charge is 0.340 e. The SMILES string of the molecule is CCC(C)C(NC(=O)c1ccc(Cl)cc1)C(=O)Nc1nnc(-c2cccc(Cl)c2)s1. The van der Waals surface area contributed by atoms with Crippen LogP contribution in [0.1, 0.15) is 30.6 Å². The third kappa shape index (κ3) is 5.56. The molecule has 2 atom stereocenters. The zero-order valence-electron chi connectivity index (χ0n) is 16.4. The first kappa shape index (κ1) is 22.2. The van der Waals surface area contributed by atoms with Crippen molar-refractivity contribution >= 4 is 51.5 Å². The molecule has 30 heavy (non-hydrogen) atoms. The Morgan fingerprint density at radius 2 is 1.80 bits per heavy atom. The summed E-state index contributed by atoms with van der Waals surface area (Å²) in [7, 11) is 0. The van der Waals surface area contributed by atoms with Gasteiger partial charge in [-0.05, 0) is 42.3 Å². The number of aromatic nitrogens is 2. The average molecular weight is 463 g/mol. The second-order valence-electron chi connectivity index (χ2n) is 6.76. The molecule has 0 aliphatic heterocycles. The van der Waals surface area contributed by atoms with Crippen LogP contribution >= 0.6 is 34.5 Å². The number of anilines is 1. The van der Waals surface area contributed by atoms with Gasteiger partial charge in [0.1, 0.15) is 11.0 Å². The van der Waals surface area contributed by atoms with Gasteiger partial charge in [-0.25, -0.2) is 0 Å². The molecule has 0 aliphatic rings. The predicted octanol–water partition coefficient (Wildman–Crippen LogP) is 5.30. The number of rotatable bonds is 7. The summed E-state index contributed by atoms with van der Waals surface area (Å²) in [5.41, 5.74) is 1.25. The van der Waals surface area contributed by atoms with Gasteiger partial charge in [-0.1, -0.05) is 66.9 Å². The minimum absolute atomic E-state index is 0.0819. The van der Waals surface area contributed by atoms with E-state index >= 15 is 0 Å². The van der Waals surface area contributed by atoms with Crippen molar-refractivity contribution in [1.82, 2.24) is 15.5 Å². The highest BCUT2D eigenvalue weighted by molar-refractivity contribution is 7.18. The van der Waals surface area contributed by atoms with Crippen LogP contribution in [0.5, 0.6) is 0 Å². The van der Waals surface area contributed by atoms with Gasteiger partial charge in [0.2, 0.25) is 11.0 Å². The summed E-state index contributed by atoms with van der Waals surface area (Å²) < 4.78 is 0. The molecule has 2 unspecified atom stereocenters. The summed E-state index contributed by atoms with van der Waals surface area (Å²) in [5.74, 6) is -0.772. The molecule has 2 amide bonds. The van der Waals surface area contributed by atoms with E-state index in [1.807, 2.05) is 26.0 Å². The summed E-state index contributed by atoms with van der Waals surface area (Å²) in [6.45, 7) is 3.87. The van der Waals surface area contributed by atoms with Crippen molar-refractivity contribution in [1.29, 1.82) is 0 Å². The van der Waals surface area contributed by atoms with Gasteiger partial charge in [-0.3, -0.25) is 14.9 Å². The zero-order chi connectivity index (χ0) is 21.7. The number of benzene rings is 2. The highest BCUT2D eigenvalue weighted by Crippen LogP contribution is 2.28. The first-order valence-electron chi connectivity index (χ1n) is 9.34. The standard InChI is InChI=1S/C21H20Cl2N4O2S/c1-3-12(2)17(24-18(28)13-7-9-15(22)10-8-13)19(29)25-21-27-26-20(30-21)14-5-4-6-16(23)11-14/h4-12,17H,3H2,1-2H3,(H,24,28)(H,25,27,29). The Morgan fingerprint density at radius 1 is 1.07 bits per heavy atom. The second kappa shape index (κ2) is 10.0. The monoisotopic (exact) mass is 462 g/mol. The van der Waals surface area contributed by atoms with E-state index in [-0.39, 0.29) is 17.7 Å².